The summed E-state index contributed by atoms with van der Waals surface area (Å²) in [4.78, 5) is 32.9. The maximum absolute atomic E-state index is 13.4. The molecule has 1 atom stereocenters. The van der Waals surface area contributed by atoms with Gasteiger partial charge in [0.15, 0.2) is 5.13 Å². The SMILES string of the molecule is Cc1ccc(C(O)=C2C(=O)C(=O)N(c3nc4c(C)cc(C)cc4s3)C2c2ccc(I)cc2)cc1. The normalized spacial score (nSPS) is 17.6. The van der Waals surface area contributed by atoms with Crippen LogP contribution in [0.5, 0.6) is 0 Å². The number of anilines is 1. The summed E-state index contributed by atoms with van der Waals surface area (Å²) in [6, 6.07) is 18.2. The minimum atomic E-state index is -0.778. The van der Waals surface area contributed by atoms with E-state index in [1.54, 1.807) is 12.1 Å². The lowest BCUT2D eigenvalue weighted by Crippen LogP contribution is -2.29. The largest absolute Gasteiger partial charge is 0.507 e. The van der Waals surface area contributed by atoms with E-state index in [4.69, 9.17) is 4.98 Å². The van der Waals surface area contributed by atoms with Crippen LogP contribution < -0.4 is 4.90 Å². The Labute approximate surface area is 214 Å². The predicted molar refractivity (Wildman–Crippen MR) is 144 cm³/mol. The second kappa shape index (κ2) is 8.63. The van der Waals surface area contributed by atoms with Crippen molar-refractivity contribution in [3.05, 3.63) is 97.6 Å². The Morgan fingerprint density at radius 3 is 2.32 bits per heavy atom. The molecule has 5 rings (SSSR count). The van der Waals surface area contributed by atoms with Gasteiger partial charge >= 0.3 is 5.91 Å². The molecule has 170 valence electrons. The van der Waals surface area contributed by atoms with E-state index in [0.29, 0.717) is 10.7 Å². The molecule has 5 nitrogen and oxygen atoms in total. The standard InChI is InChI=1S/C27H21IN2O3S/c1-14-4-6-18(7-5-14)24(31)21-23(17-8-10-19(28)11-9-17)30(26(33)25(21)32)27-29-22-16(3)12-15(2)13-20(22)34-27/h4-13,23,31H,1-3H3. The highest BCUT2D eigenvalue weighted by Gasteiger charge is 2.48. The average Bonchev–Trinajstić information content (AvgIpc) is 3.33. The number of aromatic nitrogens is 1. The number of aryl methyl sites for hydroxylation is 3. The van der Waals surface area contributed by atoms with Gasteiger partial charge in [-0.25, -0.2) is 4.98 Å². The van der Waals surface area contributed by atoms with Gasteiger partial charge in [-0.1, -0.05) is 59.4 Å². The number of benzene rings is 3. The smallest absolute Gasteiger partial charge is 0.301 e. The first-order chi connectivity index (χ1) is 16.2. The van der Waals surface area contributed by atoms with Gasteiger partial charge in [-0.3, -0.25) is 14.5 Å². The minimum Gasteiger partial charge on any atom is -0.507 e. The number of aliphatic hydroxyl groups excluding tert-OH is 1. The lowest BCUT2D eigenvalue weighted by molar-refractivity contribution is -0.132. The van der Waals surface area contributed by atoms with Crippen LogP contribution >= 0.6 is 33.9 Å². The number of hydrogen-bond acceptors (Lipinski definition) is 5. The van der Waals surface area contributed by atoms with Gasteiger partial charge in [-0.05, 0) is 78.3 Å². The zero-order chi connectivity index (χ0) is 24.1. The molecule has 0 aliphatic carbocycles. The molecule has 1 amide bonds. The summed E-state index contributed by atoms with van der Waals surface area (Å²) in [7, 11) is 0. The fourth-order valence-corrected chi connectivity index (χ4v) is 5.85. The molecule has 1 N–H and O–H groups in total. The maximum atomic E-state index is 13.4. The van der Waals surface area contributed by atoms with Crippen LogP contribution in [-0.2, 0) is 9.59 Å². The Morgan fingerprint density at radius 2 is 1.65 bits per heavy atom. The van der Waals surface area contributed by atoms with E-state index in [0.717, 1.165) is 36.0 Å². The summed E-state index contributed by atoms with van der Waals surface area (Å²) in [6.45, 7) is 5.96. The van der Waals surface area contributed by atoms with E-state index in [2.05, 4.69) is 22.6 Å². The third kappa shape index (κ3) is 3.82. The Hall–Kier alpha value is -3.04. The van der Waals surface area contributed by atoms with Crippen LogP contribution in [0.2, 0.25) is 0 Å². The van der Waals surface area contributed by atoms with Gasteiger partial charge in [-0.15, -0.1) is 0 Å². The molecule has 1 aliphatic rings. The van der Waals surface area contributed by atoms with E-state index >= 15 is 0 Å². The van der Waals surface area contributed by atoms with Crippen molar-refractivity contribution in [3.63, 3.8) is 0 Å². The number of halogens is 1. The third-order valence-corrected chi connectivity index (χ3v) is 7.70. The lowest BCUT2D eigenvalue weighted by atomic mass is 9.95. The molecule has 34 heavy (non-hydrogen) atoms. The molecule has 0 bridgehead atoms. The van der Waals surface area contributed by atoms with Gasteiger partial charge in [0.2, 0.25) is 0 Å². The molecule has 1 fully saturated rings. The van der Waals surface area contributed by atoms with Crippen LogP contribution in [0, 0.1) is 24.3 Å². The van der Waals surface area contributed by atoms with Crippen LogP contribution in [0.25, 0.3) is 16.0 Å². The van der Waals surface area contributed by atoms with Crippen molar-refractivity contribution >= 4 is 66.7 Å². The van der Waals surface area contributed by atoms with Gasteiger partial charge in [0.25, 0.3) is 5.78 Å². The molecule has 3 aromatic carbocycles. The molecule has 1 unspecified atom stereocenters. The first-order valence-corrected chi connectivity index (χ1v) is 12.7. The number of nitrogens with zero attached hydrogens (tertiary/aromatic N) is 2. The number of rotatable bonds is 3. The fourth-order valence-electron chi connectivity index (χ4n) is 4.32. The van der Waals surface area contributed by atoms with E-state index in [1.807, 2.05) is 69.3 Å². The van der Waals surface area contributed by atoms with E-state index in [9.17, 15) is 14.7 Å². The van der Waals surface area contributed by atoms with Gasteiger partial charge in [-0.2, -0.15) is 0 Å². The second-order valence-electron chi connectivity index (χ2n) is 8.51. The molecular weight excluding hydrogens is 559 g/mol. The van der Waals surface area contributed by atoms with E-state index in [-0.39, 0.29) is 11.3 Å². The molecule has 4 aromatic rings. The van der Waals surface area contributed by atoms with E-state index in [1.165, 1.54) is 16.2 Å². The van der Waals surface area contributed by atoms with Crippen molar-refractivity contribution in [2.45, 2.75) is 26.8 Å². The number of thiazole rings is 1. The van der Waals surface area contributed by atoms with Crippen molar-refractivity contribution in [1.82, 2.24) is 4.98 Å². The molecule has 0 saturated carbocycles. The fraction of sp³-hybridized carbons (Fsp3) is 0.148. The molecule has 1 aromatic heterocycles. The monoisotopic (exact) mass is 580 g/mol. The highest BCUT2D eigenvalue weighted by atomic mass is 127. The number of ketones is 1. The molecule has 0 spiro atoms. The molecule has 7 heteroatoms. The van der Waals surface area contributed by atoms with Crippen LogP contribution in [0.4, 0.5) is 5.13 Å². The summed E-state index contributed by atoms with van der Waals surface area (Å²) < 4.78 is 1.98. The maximum Gasteiger partial charge on any atom is 0.301 e. The Bertz CT molecular complexity index is 1490. The molecule has 0 radical (unpaired) electrons. The Balaban J connectivity index is 1.74. The number of aliphatic hydroxyl groups is 1. The first-order valence-electron chi connectivity index (χ1n) is 10.8. The zero-order valence-electron chi connectivity index (χ0n) is 18.8. The first kappa shape index (κ1) is 22.7. The number of fused-ring (bicyclic) bond motifs is 1. The Morgan fingerprint density at radius 1 is 0.971 bits per heavy atom. The van der Waals surface area contributed by atoms with Crippen molar-refractivity contribution < 1.29 is 14.7 Å². The van der Waals surface area contributed by atoms with Crippen molar-refractivity contribution in [3.8, 4) is 0 Å². The predicted octanol–water partition coefficient (Wildman–Crippen LogP) is 6.45. The summed E-state index contributed by atoms with van der Waals surface area (Å²) in [5.41, 5.74) is 5.27. The second-order valence-corrected chi connectivity index (χ2v) is 10.8. The van der Waals surface area contributed by atoms with Crippen LogP contribution in [0.15, 0.2) is 66.2 Å². The Kier molecular flexibility index (Phi) is 5.77. The number of carbonyl (C=O) groups excluding carboxylic acids is 2. The van der Waals surface area contributed by atoms with E-state index < -0.39 is 17.7 Å². The number of amides is 1. The summed E-state index contributed by atoms with van der Waals surface area (Å²) in [5.74, 6) is -1.59. The quantitative estimate of drug-likeness (QED) is 0.131. The van der Waals surface area contributed by atoms with Crippen molar-refractivity contribution in [2.75, 3.05) is 4.90 Å². The topological polar surface area (TPSA) is 70.5 Å². The number of Topliss-reactive ketones (excluding diaryl/α,β-unsaturated/α-hetero) is 1. The van der Waals surface area contributed by atoms with Crippen LogP contribution in [0.3, 0.4) is 0 Å². The number of carbonyl (C=O) groups is 2. The summed E-state index contributed by atoms with van der Waals surface area (Å²) in [6.07, 6.45) is 0. The highest BCUT2D eigenvalue weighted by Crippen LogP contribution is 2.44. The average molecular weight is 580 g/mol. The number of hydrogen-bond donors (Lipinski definition) is 1. The molecular formula is C27H21IN2O3S. The molecule has 2 heterocycles. The van der Waals surface area contributed by atoms with Gasteiger partial charge in [0, 0.05) is 9.13 Å². The minimum absolute atomic E-state index is 0.0715. The zero-order valence-corrected chi connectivity index (χ0v) is 21.8. The van der Waals surface area contributed by atoms with Gasteiger partial charge in [0.05, 0.1) is 21.8 Å². The van der Waals surface area contributed by atoms with Gasteiger partial charge < -0.3 is 5.11 Å². The molecule has 1 aliphatic heterocycles. The summed E-state index contributed by atoms with van der Waals surface area (Å²) in [5, 5.41) is 11.7. The molecule has 1 saturated heterocycles. The van der Waals surface area contributed by atoms with Crippen LogP contribution in [0.1, 0.15) is 33.9 Å². The van der Waals surface area contributed by atoms with Crippen LogP contribution in [-0.4, -0.2) is 21.8 Å². The van der Waals surface area contributed by atoms with Crippen molar-refractivity contribution in [1.29, 1.82) is 0 Å². The van der Waals surface area contributed by atoms with Gasteiger partial charge in [0.1, 0.15) is 5.76 Å². The van der Waals surface area contributed by atoms with Crippen molar-refractivity contribution in [2.24, 2.45) is 0 Å². The lowest BCUT2D eigenvalue weighted by Gasteiger charge is -2.23. The summed E-state index contributed by atoms with van der Waals surface area (Å²) >= 11 is 3.59. The highest BCUT2D eigenvalue weighted by molar-refractivity contribution is 14.1. The third-order valence-electron chi connectivity index (χ3n) is 5.98.